The Morgan fingerprint density at radius 3 is 2.32 bits per heavy atom. The Bertz CT molecular complexity index is 896. The molecule has 2 N–H and O–H groups in total. The first-order chi connectivity index (χ1) is 16.6. The number of nitrogens with one attached hydrogen (secondary N) is 2. The summed E-state index contributed by atoms with van der Waals surface area (Å²) >= 11 is 0. The average Bonchev–Trinajstić information content (AvgIpc) is 2.89. The van der Waals surface area contributed by atoms with Crippen LogP contribution in [0.4, 0.5) is 0 Å². The van der Waals surface area contributed by atoms with E-state index in [4.69, 9.17) is 14.2 Å². The fourth-order valence-electron chi connectivity index (χ4n) is 3.75. The number of ether oxygens (including phenoxy) is 3. The van der Waals surface area contributed by atoms with E-state index in [0.717, 1.165) is 43.0 Å². The summed E-state index contributed by atoms with van der Waals surface area (Å²) in [7, 11) is 1.64. The highest BCUT2D eigenvalue weighted by Gasteiger charge is 2.23. The van der Waals surface area contributed by atoms with E-state index in [0.29, 0.717) is 31.9 Å². The van der Waals surface area contributed by atoms with Crippen LogP contribution in [-0.4, -0.2) is 69.8 Å². The first-order valence-corrected chi connectivity index (χ1v) is 11.8. The van der Waals surface area contributed by atoms with Crippen LogP contribution in [0, 0.1) is 0 Å². The highest BCUT2D eigenvalue weighted by molar-refractivity contribution is 5.96. The number of amides is 2. The Hall–Kier alpha value is -3.10. The Morgan fingerprint density at radius 1 is 1.00 bits per heavy atom. The van der Waals surface area contributed by atoms with E-state index in [-0.39, 0.29) is 24.4 Å². The van der Waals surface area contributed by atoms with Crippen molar-refractivity contribution in [2.24, 2.45) is 0 Å². The zero-order valence-corrected chi connectivity index (χ0v) is 20.0. The Kier molecular flexibility index (Phi) is 10.2. The summed E-state index contributed by atoms with van der Waals surface area (Å²) in [6, 6.07) is 14.8. The van der Waals surface area contributed by atoms with Gasteiger partial charge in [0.05, 0.1) is 39.5 Å². The Morgan fingerprint density at radius 2 is 1.68 bits per heavy atom. The van der Waals surface area contributed by atoms with Crippen LogP contribution in [0.2, 0.25) is 0 Å². The van der Waals surface area contributed by atoms with Gasteiger partial charge in [0.2, 0.25) is 5.91 Å². The van der Waals surface area contributed by atoms with Gasteiger partial charge in [-0.3, -0.25) is 14.5 Å². The molecule has 0 radical (unpaired) electrons. The van der Waals surface area contributed by atoms with Crippen molar-refractivity contribution in [1.29, 1.82) is 0 Å². The number of benzene rings is 2. The number of carbonyl (C=O) groups excluding carboxylic acids is 2. The Labute approximate surface area is 201 Å². The second kappa shape index (κ2) is 13.6. The fourth-order valence-corrected chi connectivity index (χ4v) is 3.75. The van der Waals surface area contributed by atoms with Gasteiger partial charge in [-0.15, -0.1) is 0 Å². The summed E-state index contributed by atoms with van der Waals surface area (Å²) < 4.78 is 16.4. The molecule has 0 unspecified atom stereocenters. The molecule has 1 fully saturated rings. The minimum absolute atomic E-state index is 0.00899. The van der Waals surface area contributed by atoms with E-state index in [1.165, 1.54) is 0 Å². The maximum Gasteiger partial charge on any atom is 0.251 e. The molecule has 0 saturated carbocycles. The lowest BCUT2D eigenvalue weighted by Gasteiger charge is -2.35. The third kappa shape index (κ3) is 7.74. The lowest BCUT2D eigenvalue weighted by molar-refractivity contribution is -0.120. The molecule has 0 spiro atoms. The highest BCUT2D eigenvalue weighted by Crippen LogP contribution is 2.23. The van der Waals surface area contributed by atoms with Crippen LogP contribution in [0.1, 0.15) is 41.7 Å². The smallest absolute Gasteiger partial charge is 0.251 e. The van der Waals surface area contributed by atoms with Gasteiger partial charge in [0.15, 0.2) is 0 Å². The molecule has 1 aliphatic rings. The molecular weight excluding hydrogens is 434 g/mol. The van der Waals surface area contributed by atoms with Crippen molar-refractivity contribution >= 4 is 11.8 Å². The molecule has 184 valence electrons. The molecule has 8 nitrogen and oxygen atoms in total. The largest absolute Gasteiger partial charge is 0.497 e. The topological polar surface area (TPSA) is 89.1 Å². The maximum absolute atomic E-state index is 12.5. The van der Waals surface area contributed by atoms with E-state index in [1.54, 1.807) is 31.4 Å². The van der Waals surface area contributed by atoms with Crippen LogP contribution in [-0.2, 0) is 9.53 Å². The van der Waals surface area contributed by atoms with Crippen LogP contribution in [0.3, 0.4) is 0 Å². The zero-order valence-electron chi connectivity index (χ0n) is 20.0. The number of nitrogens with zero attached hydrogens (tertiary/aromatic N) is 1. The number of methoxy groups -OCH3 is 1. The monoisotopic (exact) mass is 469 g/mol. The van der Waals surface area contributed by atoms with Crippen molar-refractivity contribution in [2.75, 3.05) is 53.1 Å². The lowest BCUT2D eigenvalue weighted by Crippen LogP contribution is -2.45. The van der Waals surface area contributed by atoms with Gasteiger partial charge in [0.1, 0.15) is 11.5 Å². The van der Waals surface area contributed by atoms with Gasteiger partial charge in [0.25, 0.3) is 5.91 Å². The lowest BCUT2D eigenvalue weighted by atomic mass is 10.0. The first-order valence-electron chi connectivity index (χ1n) is 11.8. The predicted octanol–water partition coefficient (Wildman–Crippen LogP) is 2.79. The van der Waals surface area contributed by atoms with Gasteiger partial charge in [-0.1, -0.05) is 25.5 Å². The minimum Gasteiger partial charge on any atom is -0.497 e. The molecular formula is C26H35N3O5. The molecule has 1 atom stereocenters. The molecule has 0 bridgehead atoms. The number of morpholine rings is 1. The van der Waals surface area contributed by atoms with Gasteiger partial charge < -0.3 is 24.8 Å². The highest BCUT2D eigenvalue weighted by atomic mass is 16.5. The molecule has 8 heteroatoms. The molecule has 34 heavy (non-hydrogen) atoms. The molecule has 1 aliphatic heterocycles. The van der Waals surface area contributed by atoms with Crippen LogP contribution in [0.5, 0.6) is 11.5 Å². The number of hydrogen-bond acceptors (Lipinski definition) is 6. The van der Waals surface area contributed by atoms with Crippen molar-refractivity contribution in [3.05, 3.63) is 59.7 Å². The van der Waals surface area contributed by atoms with Gasteiger partial charge in [-0.25, -0.2) is 0 Å². The van der Waals surface area contributed by atoms with Gasteiger partial charge in [-0.05, 0) is 48.4 Å². The molecule has 2 amide bonds. The first kappa shape index (κ1) is 25.5. The summed E-state index contributed by atoms with van der Waals surface area (Å²) in [5.74, 6) is 0.988. The molecule has 2 aromatic carbocycles. The van der Waals surface area contributed by atoms with E-state index in [2.05, 4.69) is 22.5 Å². The minimum atomic E-state index is -0.296. The van der Waals surface area contributed by atoms with Crippen molar-refractivity contribution < 1.29 is 23.8 Å². The fraction of sp³-hybridized carbons (Fsp3) is 0.462. The molecule has 1 heterocycles. The van der Waals surface area contributed by atoms with Gasteiger partial charge in [0, 0.05) is 25.2 Å². The summed E-state index contributed by atoms with van der Waals surface area (Å²) in [6.07, 6.45) is 2.05. The van der Waals surface area contributed by atoms with Crippen molar-refractivity contribution in [1.82, 2.24) is 15.5 Å². The standard InChI is InChI=1S/C26H35N3O5/c1-3-4-15-34-23-11-7-21(8-12-23)26(31)28-19-25(30)27-18-24(29-13-16-33-17-14-29)20-5-9-22(32-2)10-6-20/h5-12,24H,3-4,13-19H2,1-2H3,(H,27,30)(H,28,31)/t24-/m0/s1. The second-order valence-electron chi connectivity index (χ2n) is 8.15. The number of carbonyl (C=O) groups is 2. The normalized spacial score (nSPS) is 14.8. The summed E-state index contributed by atoms with van der Waals surface area (Å²) in [5, 5.41) is 5.65. The number of hydrogen-bond donors (Lipinski definition) is 2. The van der Waals surface area contributed by atoms with E-state index in [9.17, 15) is 9.59 Å². The van der Waals surface area contributed by atoms with E-state index in [1.807, 2.05) is 24.3 Å². The zero-order chi connectivity index (χ0) is 24.2. The van der Waals surface area contributed by atoms with Crippen LogP contribution >= 0.6 is 0 Å². The summed E-state index contributed by atoms with van der Waals surface area (Å²) in [5.41, 5.74) is 1.58. The summed E-state index contributed by atoms with van der Waals surface area (Å²) in [4.78, 5) is 27.2. The Balaban J connectivity index is 1.50. The van der Waals surface area contributed by atoms with Crippen LogP contribution in [0.15, 0.2) is 48.5 Å². The van der Waals surface area contributed by atoms with Gasteiger partial charge in [-0.2, -0.15) is 0 Å². The number of rotatable bonds is 12. The molecule has 0 aliphatic carbocycles. The third-order valence-corrected chi connectivity index (χ3v) is 5.77. The van der Waals surface area contributed by atoms with Crippen molar-refractivity contribution in [3.63, 3.8) is 0 Å². The SMILES string of the molecule is CCCCOc1ccc(C(=O)NCC(=O)NC[C@@H](c2ccc(OC)cc2)N2CCOCC2)cc1. The summed E-state index contributed by atoms with van der Waals surface area (Å²) in [6.45, 7) is 6.02. The quantitative estimate of drug-likeness (QED) is 0.465. The van der Waals surface area contributed by atoms with Crippen LogP contribution < -0.4 is 20.1 Å². The van der Waals surface area contributed by atoms with Crippen molar-refractivity contribution in [3.8, 4) is 11.5 Å². The molecule has 0 aromatic heterocycles. The van der Waals surface area contributed by atoms with E-state index >= 15 is 0 Å². The predicted molar refractivity (Wildman–Crippen MR) is 130 cm³/mol. The van der Waals surface area contributed by atoms with Gasteiger partial charge >= 0.3 is 0 Å². The molecule has 1 saturated heterocycles. The second-order valence-corrected chi connectivity index (χ2v) is 8.15. The molecule has 2 aromatic rings. The number of unbranched alkanes of at least 4 members (excludes halogenated alkanes) is 1. The third-order valence-electron chi connectivity index (χ3n) is 5.77. The maximum atomic E-state index is 12.5. The van der Waals surface area contributed by atoms with E-state index < -0.39 is 0 Å². The van der Waals surface area contributed by atoms with Crippen molar-refractivity contribution in [2.45, 2.75) is 25.8 Å². The average molecular weight is 470 g/mol. The van der Waals surface area contributed by atoms with Crippen LogP contribution in [0.25, 0.3) is 0 Å². The molecule has 3 rings (SSSR count).